The van der Waals surface area contributed by atoms with Gasteiger partial charge in [-0.1, -0.05) is 34.6 Å². The van der Waals surface area contributed by atoms with Crippen molar-refractivity contribution in [3.8, 4) is 0 Å². The molecule has 0 aromatic heterocycles. The van der Waals surface area contributed by atoms with Crippen molar-refractivity contribution in [3.05, 3.63) is 0 Å². The average molecular weight is 232 g/mol. The molecule has 16 heavy (non-hydrogen) atoms. The van der Waals surface area contributed by atoms with E-state index in [9.17, 15) is 0 Å². The van der Waals surface area contributed by atoms with Gasteiger partial charge in [-0.3, -0.25) is 0 Å². The minimum atomic E-state index is 0.0781. The Morgan fingerprint density at radius 2 is 1.69 bits per heavy atom. The molecule has 0 aliphatic rings. The molecule has 0 aromatic rings. The molecule has 3 nitrogen and oxygen atoms in total. The molecule has 0 saturated carbocycles. The fraction of sp³-hybridized carbons (Fsp3) is 1.00. The summed E-state index contributed by atoms with van der Waals surface area (Å²) in [5, 5.41) is 8.56. The zero-order chi connectivity index (χ0) is 12.6. The van der Waals surface area contributed by atoms with Gasteiger partial charge in [-0.25, -0.2) is 0 Å². The molecule has 0 saturated heterocycles. The summed E-state index contributed by atoms with van der Waals surface area (Å²) in [5.74, 6) is 0.641. The Labute approximate surface area is 100 Å². The first-order chi connectivity index (χ1) is 7.38. The van der Waals surface area contributed by atoms with Crippen molar-refractivity contribution in [2.24, 2.45) is 11.3 Å². The summed E-state index contributed by atoms with van der Waals surface area (Å²) in [5.41, 5.74) is 0.168. The zero-order valence-electron chi connectivity index (χ0n) is 11.5. The molecule has 0 amide bonds. The first-order valence-corrected chi connectivity index (χ1v) is 6.18. The Kier molecular flexibility index (Phi) is 7.98. The Hall–Kier alpha value is -0.120. The number of aliphatic hydroxyl groups is 1. The van der Waals surface area contributed by atoms with Crippen LogP contribution in [0.15, 0.2) is 0 Å². The molecular weight excluding hydrogens is 204 g/mol. The van der Waals surface area contributed by atoms with E-state index in [1.54, 1.807) is 0 Å². The van der Waals surface area contributed by atoms with E-state index in [1.807, 2.05) is 0 Å². The predicted molar refractivity (Wildman–Crippen MR) is 66.6 cm³/mol. The van der Waals surface area contributed by atoms with Crippen LogP contribution in [0.4, 0.5) is 0 Å². The second kappa shape index (κ2) is 8.04. The number of hydrogen-bond donors (Lipinski definition) is 1. The van der Waals surface area contributed by atoms with Crippen molar-refractivity contribution in [3.63, 3.8) is 0 Å². The monoisotopic (exact) mass is 232 g/mol. The Balaban J connectivity index is 3.84. The molecule has 0 rings (SSSR count). The van der Waals surface area contributed by atoms with Crippen LogP contribution in [-0.4, -0.2) is 37.6 Å². The molecule has 0 fully saturated rings. The fourth-order valence-corrected chi connectivity index (χ4v) is 1.52. The van der Waals surface area contributed by atoms with Gasteiger partial charge in [0.05, 0.1) is 32.5 Å². The van der Waals surface area contributed by atoms with Crippen LogP contribution >= 0.6 is 0 Å². The van der Waals surface area contributed by atoms with Crippen molar-refractivity contribution < 1.29 is 14.6 Å². The van der Waals surface area contributed by atoms with Gasteiger partial charge in [-0.15, -0.1) is 0 Å². The molecular formula is C13H28O3. The normalized spacial score (nSPS) is 14.4. The Morgan fingerprint density at radius 1 is 1.06 bits per heavy atom. The van der Waals surface area contributed by atoms with E-state index >= 15 is 0 Å². The van der Waals surface area contributed by atoms with Gasteiger partial charge in [-0.05, 0) is 17.8 Å². The van der Waals surface area contributed by atoms with Crippen LogP contribution < -0.4 is 0 Å². The highest BCUT2D eigenvalue weighted by Crippen LogP contribution is 2.27. The molecule has 0 aliphatic heterocycles. The molecule has 0 aromatic carbocycles. The molecule has 0 heterocycles. The SMILES string of the molecule is CC(C)CC(OCCOCCO)C(C)(C)C. The maximum atomic E-state index is 8.56. The van der Waals surface area contributed by atoms with Gasteiger partial charge >= 0.3 is 0 Å². The molecule has 0 radical (unpaired) electrons. The van der Waals surface area contributed by atoms with Gasteiger partial charge in [0, 0.05) is 0 Å². The van der Waals surface area contributed by atoms with E-state index in [4.69, 9.17) is 14.6 Å². The lowest BCUT2D eigenvalue weighted by atomic mass is 9.84. The molecule has 0 bridgehead atoms. The summed E-state index contributed by atoms with van der Waals surface area (Å²) in [6, 6.07) is 0. The predicted octanol–water partition coefficient (Wildman–Crippen LogP) is 2.47. The van der Waals surface area contributed by atoms with Crippen LogP contribution in [0, 0.1) is 11.3 Å². The van der Waals surface area contributed by atoms with E-state index in [0.717, 1.165) is 6.42 Å². The second-order valence-corrected chi connectivity index (χ2v) is 5.69. The van der Waals surface area contributed by atoms with Gasteiger partial charge < -0.3 is 14.6 Å². The number of rotatable bonds is 8. The van der Waals surface area contributed by atoms with Gasteiger partial charge in [0.1, 0.15) is 0 Å². The summed E-state index contributed by atoms with van der Waals surface area (Å²) in [6.45, 7) is 12.7. The third kappa shape index (κ3) is 8.08. The Morgan fingerprint density at radius 3 is 2.12 bits per heavy atom. The summed E-state index contributed by atoms with van der Waals surface area (Å²) < 4.78 is 11.0. The molecule has 0 spiro atoms. The van der Waals surface area contributed by atoms with Crippen LogP contribution in [0.3, 0.4) is 0 Å². The van der Waals surface area contributed by atoms with Gasteiger partial charge in [0.15, 0.2) is 0 Å². The zero-order valence-corrected chi connectivity index (χ0v) is 11.5. The highest BCUT2D eigenvalue weighted by atomic mass is 16.5. The molecule has 0 aliphatic carbocycles. The highest BCUT2D eigenvalue weighted by Gasteiger charge is 2.25. The minimum absolute atomic E-state index is 0.0781. The third-order valence-electron chi connectivity index (χ3n) is 2.43. The quantitative estimate of drug-likeness (QED) is 0.653. The number of aliphatic hydroxyl groups excluding tert-OH is 1. The maximum Gasteiger partial charge on any atom is 0.0704 e. The van der Waals surface area contributed by atoms with E-state index in [-0.39, 0.29) is 18.1 Å². The number of hydrogen-bond acceptors (Lipinski definition) is 3. The van der Waals surface area contributed by atoms with Crippen molar-refractivity contribution in [2.45, 2.75) is 47.1 Å². The van der Waals surface area contributed by atoms with E-state index in [0.29, 0.717) is 25.7 Å². The van der Waals surface area contributed by atoms with Gasteiger partial charge in [0.2, 0.25) is 0 Å². The lowest BCUT2D eigenvalue weighted by Gasteiger charge is -2.32. The van der Waals surface area contributed by atoms with Crippen LogP contribution in [0.2, 0.25) is 0 Å². The smallest absolute Gasteiger partial charge is 0.0704 e. The standard InChI is InChI=1S/C13H28O3/c1-11(2)10-12(13(3,4)5)16-9-8-15-7-6-14/h11-12,14H,6-10H2,1-5H3. The Bertz CT molecular complexity index is 161. The van der Waals surface area contributed by atoms with Crippen molar-refractivity contribution in [1.82, 2.24) is 0 Å². The lowest BCUT2D eigenvalue weighted by Crippen LogP contribution is -2.32. The van der Waals surface area contributed by atoms with Gasteiger partial charge in [-0.2, -0.15) is 0 Å². The number of ether oxygens (including phenoxy) is 2. The molecule has 1 unspecified atom stereocenters. The average Bonchev–Trinajstić information content (AvgIpc) is 2.13. The highest BCUT2D eigenvalue weighted by molar-refractivity contribution is 4.75. The third-order valence-corrected chi connectivity index (χ3v) is 2.43. The van der Waals surface area contributed by atoms with Crippen LogP contribution in [0.1, 0.15) is 41.0 Å². The summed E-state index contributed by atoms with van der Waals surface area (Å²) in [7, 11) is 0. The van der Waals surface area contributed by atoms with Gasteiger partial charge in [0.25, 0.3) is 0 Å². The summed E-state index contributed by atoms with van der Waals surface area (Å²) >= 11 is 0. The fourth-order valence-electron chi connectivity index (χ4n) is 1.52. The van der Waals surface area contributed by atoms with Crippen LogP contribution in [-0.2, 0) is 9.47 Å². The molecule has 1 atom stereocenters. The first kappa shape index (κ1) is 15.9. The van der Waals surface area contributed by atoms with E-state index < -0.39 is 0 Å². The largest absolute Gasteiger partial charge is 0.394 e. The second-order valence-electron chi connectivity index (χ2n) is 5.69. The van der Waals surface area contributed by atoms with Crippen molar-refractivity contribution in [1.29, 1.82) is 0 Å². The summed E-state index contributed by atoms with van der Waals surface area (Å²) in [6.07, 6.45) is 1.34. The maximum absolute atomic E-state index is 8.56. The molecule has 98 valence electrons. The van der Waals surface area contributed by atoms with E-state index in [1.165, 1.54) is 0 Å². The first-order valence-electron chi connectivity index (χ1n) is 6.18. The topological polar surface area (TPSA) is 38.7 Å². The van der Waals surface area contributed by atoms with E-state index in [2.05, 4.69) is 34.6 Å². The molecule has 3 heteroatoms. The van der Waals surface area contributed by atoms with Crippen molar-refractivity contribution in [2.75, 3.05) is 26.4 Å². The minimum Gasteiger partial charge on any atom is -0.394 e. The van der Waals surface area contributed by atoms with Crippen LogP contribution in [0.25, 0.3) is 0 Å². The van der Waals surface area contributed by atoms with Crippen molar-refractivity contribution >= 4 is 0 Å². The summed E-state index contributed by atoms with van der Waals surface area (Å²) in [4.78, 5) is 0. The molecule has 1 N–H and O–H groups in total. The lowest BCUT2D eigenvalue weighted by molar-refractivity contribution is -0.0547. The van der Waals surface area contributed by atoms with Crippen LogP contribution in [0.5, 0.6) is 0 Å².